The summed E-state index contributed by atoms with van der Waals surface area (Å²) in [7, 11) is 0. The van der Waals surface area contributed by atoms with Crippen molar-refractivity contribution in [2.45, 2.75) is 26.2 Å². The van der Waals surface area contributed by atoms with Gasteiger partial charge in [0, 0.05) is 12.5 Å². The van der Waals surface area contributed by atoms with E-state index in [4.69, 9.17) is 16.3 Å². The molecule has 5 nitrogen and oxygen atoms in total. The standard InChI is InChI=1S/C12H14ClNO4/c1-9(15)5-2-3-8-18-12-10(13)6-4-7-11(12)14(16)17/h4,6-7H,2-3,5,8H2,1H3. The molecule has 1 aromatic carbocycles. The number of nitro groups is 1. The Bertz CT molecular complexity index is 448. The number of nitrogens with zero attached hydrogens (tertiary/aromatic N) is 1. The van der Waals surface area contributed by atoms with Crippen LogP contribution in [-0.2, 0) is 4.79 Å². The number of hydrogen-bond acceptors (Lipinski definition) is 4. The number of unbranched alkanes of at least 4 members (excludes halogenated alkanes) is 1. The lowest BCUT2D eigenvalue weighted by Crippen LogP contribution is -2.02. The molecule has 98 valence electrons. The second kappa shape index (κ2) is 6.96. The lowest BCUT2D eigenvalue weighted by molar-refractivity contribution is -0.385. The number of ether oxygens (including phenoxy) is 1. The molecule has 1 rings (SSSR count). The minimum Gasteiger partial charge on any atom is -0.486 e. The Hall–Kier alpha value is -1.62. The first-order chi connectivity index (χ1) is 8.52. The molecule has 0 aliphatic rings. The Morgan fingerprint density at radius 2 is 2.17 bits per heavy atom. The van der Waals surface area contributed by atoms with Gasteiger partial charge in [0.2, 0.25) is 5.75 Å². The number of benzene rings is 1. The van der Waals surface area contributed by atoms with E-state index in [2.05, 4.69) is 0 Å². The number of carbonyl (C=O) groups is 1. The van der Waals surface area contributed by atoms with Crippen molar-refractivity contribution in [3.8, 4) is 5.75 Å². The summed E-state index contributed by atoms with van der Waals surface area (Å²) < 4.78 is 5.33. The summed E-state index contributed by atoms with van der Waals surface area (Å²) in [6.07, 6.45) is 1.85. The zero-order valence-electron chi connectivity index (χ0n) is 10.0. The van der Waals surface area contributed by atoms with Gasteiger partial charge in [-0.25, -0.2) is 0 Å². The van der Waals surface area contributed by atoms with E-state index in [1.807, 2.05) is 0 Å². The fourth-order valence-corrected chi connectivity index (χ4v) is 1.66. The highest BCUT2D eigenvalue weighted by atomic mass is 35.5. The molecule has 0 amide bonds. The molecule has 1 aromatic rings. The largest absolute Gasteiger partial charge is 0.486 e. The van der Waals surface area contributed by atoms with Crippen molar-refractivity contribution >= 4 is 23.1 Å². The molecule has 18 heavy (non-hydrogen) atoms. The van der Waals surface area contributed by atoms with E-state index in [1.165, 1.54) is 19.1 Å². The zero-order valence-corrected chi connectivity index (χ0v) is 10.8. The van der Waals surface area contributed by atoms with Crippen LogP contribution < -0.4 is 4.74 Å². The van der Waals surface area contributed by atoms with Crippen molar-refractivity contribution in [3.63, 3.8) is 0 Å². The lowest BCUT2D eigenvalue weighted by Gasteiger charge is -2.07. The first kappa shape index (κ1) is 14.4. The third kappa shape index (κ3) is 4.33. The van der Waals surface area contributed by atoms with E-state index >= 15 is 0 Å². The summed E-state index contributed by atoms with van der Waals surface area (Å²) in [6.45, 7) is 1.83. The van der Waals surface area contributed by atoms with Crippen molar-refractivity contribution < 1.29 is 14.5 Å². The second-order valence-corrected chi connectivity index (χ2v) is 4.26. The molecule has 0 heterocycles. The topological polar surface area (TPSA) is 69.4 Å². The summed E-state index contributed by atoms with van der Waals surface area (Å²) in [6, 6.07) is 4.39. The van der Waals surface area contributed by atoms with Gasteiger partial charge in [-0.2, -0.15) is 0 Å². The lowest BCUT2D eigenvalue weighted by atomic mass is 10.2. The van der Waals surface area contributed by atoms with Crippen LogP contribution in [0.5, 0.6) is 5.75 Å². The van der Waals surface area contributed by atoms with Crippen LogP contribution in [0, 0.1) is 10.1 Å². The summed E-state index contributed by atoms with van der Waals surface area (Å²) in [5, 5.41) is 11.0. The normalized spacial score (nSPS) is 10.1. The first-order valence-electron chi connectivity index (χ1n) is 5.57. The molecule has 0 bridgehead atoms. The van der Waals surface area contributed by atoms with E-state index in [-0.39, 0.29) is 22.2 Å². The number of hydrogen-bond donors (Lipinski definition) is 0. The van der Waals surface area contributed by atoms with E-state index in [9.17, 15) is 14.9 Å². The van der Waals surface area contributed by atoms with Gasteiger partial charge >= 0.3 is 5.69 Å². The van der Waals surface area contributed by atoms with E-state index < -0.39 is 4.92 Å². The van der Waals surface area contributed by atoms with Gasteiger partial charge in [0.15, 0.2) is 0 Å². The predicted molar refractivity (Wildman–Crippen MR) is 68.1 cm³/mol. The molecule has 6 heteroatoms. The van der Waals surface area contributed by atoms with Gasteiger partial charge in [0.25, 0.3) is 0 Å². The maximum atomic E-state index is 10.8. The van der Waals surface area contributed by atoms with Crippen LogP contribution in [0.25, 0.3) is 0 Å². The molecule has 0 N–H and O–H groups in total. The molecule has 0 aliphatic heterocycles. The Morgan fingerprint density at radius 3 is 2.78 bits per heavy atom. The van der Waals surface area contributed by atoms with E-state index in [0.717, 1.165) is 0 Å². The SMILES string of the molecule is CC(=O)CCCCOc1c(Cl)cccc1[N+](=O)[O-]. The summed E-state index contributed by atoms with van der Waals surface area (Å²) in [5.41, 5.74) is -0.144. The maximum Gasteiger partial charge on any atom is 0.312 e. The van der Waals surface area contributed by atoms with Crippen LogP contribution in [0.2, 0.25) is 5.02 Å². The molecule has 0 unspecified atom stereocenters. The average molecular weight is 272 g/mol. The number of rotatable bonds is 7. The van der Waals surface area contributed by atoms with Gasteiger partial charge in [-0.3, -0.25) is 10.1 Å². The number of halogens is 1. The molecule has 0 aliphatic carbocycles. The van der Waals surface area contributed by atoms with Crippen molar-refractivity contribution in [1.29, 1.82) is 0 Å². The first-order valence-corrected chi connectivity index (χ1v) is 5.95. The number of carbonyl (C=O) groups excluding carboxylic acids is 1. The fraction of sp³-hybridized carbons (Fsp3) is 0.417. The Morgan fingerprint density at radius 1 is 1.44 bits per heavy atom. The third-order valence-electron chi connectivity index (χ3n) is 2.31. The van der Waals surface area contributed by atoms with Crippen molar-refractivity contribution in [3.05, 3.63) is 33.3 Å². The number of Topliss-reactive ketones (excluding diaryl/α,β-unsaturated/α-hetero) is 1. The highest BCUT2D eigenvalue weighted by Gasteiger charge is 2.17. The van der Waals surface area contributed by atoms with E-state index in [1.54, 1.807) is 6.07 Å². The monoisotopic (exact) mass is 271 g/mol. The van der Waals surface area contributed by atoms with Gasteiger partial charge in [0.05, 0.1) is 16.6 Å². The molecule has 0 fully saturated rings. The van der Waals surface area contributed by atoms with Crippen LogP contribution in [0.1, 0.15) is 26.2 Å². The van der Waals surface area contributed by atoms with Gasteiger partial charge < -0.3 is 9.53 Å². The maximum absolute atomic E-state index is 10.8. The Labute approximate surface area is 110 Å². The smallest absolute Gasteiger partial charge is 0.312 e. The van der Waals surface area contributed by atoms with Crippen molar-refractivity contribution in [1.82, 2.24) is 0 Å². The summed E-state index contributed by atoms with van der Waals surface area (Å²) in [5.74, 6) is 0.214. The van der Waals surface area contributed by atoms with Crippen LogP contribution in [0.4, 0.5) is 5.69 Å². The van der Waals surface area contributed by atoms with Gasteiger partial charge in [-0.1, -0.05) is 17.7 Å². The number of nitro benzene ring substituents is 1. The van der Waals surface area contributed by atoms with Crippen LogP contribution >= 0.6 is 11.6 Å². The van der Waals surface area contributed by atoms with Gasteiger partial charge in [-0.05, 0) is 25.8 Å². The van der Waals surface area contributed by atoms with Crippen LogP contribution in [-0.4, -0.2) is 17.3 Å². The Kier molecular flexibility index (Phi) is 5.58. The predicted octanol–water partition coefficient (Wildman–Crippen LogP) is 3.39. The fourth-order valence-electron chi connectivity index (χ4n) is 1.43. The molecule has 0 spiro atoms. The highest BCUT2D eigenvalue weighted by Crippen LogP contribution is 2.34. The van der Waals surface area contributed by atoms with Gasteiger partial charge in [0.1, 0.15) is 5.78 Å². The molecule has 0 atom stereocenters. The van der Waals surface area contributed by atoms with Crippen molar-refractivity contribution in [2.75, 3.05) is 6.61 Å². The number of ketones is 1. The van der Waals surface area contributed by atoms with Crippen LogP contribution in [0.15, 0.2) is 18.2 Å². The zero-order chi connectivity index (χ0) is 13.5. The average Bonchev–Trinajstić information content (AvgIpc) is 2.29. The Balaban J connectivity index is 2.56. The minimum absolute atomic E-state index is 0.0898. The summed E-state index contributed by atoms with van der Waals surface area (Å²) in [4.78, 5) is 21.0. The highest BCUT2D eigenvalue weighted by molar-refractivity contribution is 6.32. The summed E-state index contributed by atoms with van der Waals surface area (Å²) >= 11 is 5.85. The third-order valence-corrected chi connectivity index (χ3v) is 2.61. The quantitative estimate of drug-likeness (QED) is 0.433. The van der Waals surface area contributed by atoms with Crippen molar-refractivity contribution in [2.24, 2.45) is 0 Å². The molecular formula is C12H14ClNO4. The number of para-hydroxylation sites is 1. The molecule has 0 aromatic heterocycles. The molecule has 0 saturated carbocycles. The molecular weight excluding hydrogens is 258 g/mol. The van der Waals surface area contributed by atoms with E-state index in [0.29, 0.717) is 25.9 Å². The molecule has 0 radical (unpaired) electrons. The van der Waals surface area contributed by atoms with Gasteiger partial charge in [-0.15, -0.1) is 0 Å². The molecule has 0 saturated heterocycles. The minimum atomic E-state index is -0.531. The second-order valence-electron chi connectivity index (χ2n) is 3.85. The van der Waals surface area contributed by atoms with Crippen LogP contribution in [0.3, 0.4) is 0 Å².